The molecule has 1 aromatic carbocycles. The van der Waals surface area contributed by atoms with Gasteiger partial charge in [0.2, 0.25) is 0 Å². The van der Waals surface area contributed by atoms with Gasteiger partial charge in [-0.3, -0.25) is 19.9 Å². The van der Waals surface area contributed by atoms with Crippen molar-refractivity contribution in [3.8, 4) is 0 Å². The minimum Gasteiger partial charge on any atom is -0.371 e. The Balaban J connectivity index is 0.00000210. The second-order valence-electron chi connectivity index (χ2n) is 6.74. The van der Waals surface area contributed by atoms with Crippen molar-refractivity contribution < 1.29 is 9.72 Å². The van der Waals surface area contributed by atoms with Crippen LogP contribution in [0.5, 0.6) is 0 Å². The molecular weight excluding hydrogens is 417 g/mol. The van der Waals surface area contributed by atoms with Crippen LogP contribution in [0.15, 0.2) is 42.6 Å². The van der Waals surface area contributed by atoms with Crippen molar-refractivity contribution in [2.45, 2.75) is 31.8 Å². The summed E-state index contributed by atoms with van der Waals surface area (Å²) in [5.74, 6) is -0.200. The van der Waals surface area contributed by atoms with E-state index < -0.39 is 4.92 Å². The Bertz CT molecular complexity index is 830. The van der Waals surface area contributed by atoms with Gasteiger partial charge in [0, 0.05) is 37.0 Å². The van der Waals surface area contributed by atoms with E-state index >= 15 is 0 Å². The number of nitrogens with two attached hydrogens (primary N) is 1. The van der Waals surface area contributed by atoms with Gasteiger partial charge in [0.15, 0.2) is 0 Å². The predicted molar refractivity (Wildman–Crippen MR) is 117 cm³/mol. The molecule has 1 amide bonds. The first kappa shape index (κ1) is 24.6. The van der Waals surface area contributed by atoms with Gasteiger partial charge < -0.3 is 16.0 Å². The highest BCUT2D eigenvalue weighted by atomic mass is 35.5. The van der Waals surface area contributed by atoms with Gasteiger partial charge in [-0.2, -0.15) is 0 Å². The highest BCUT2D eigenvalue weighted by molar-refractivity contribution is 5.95. The summed E-state index contributed by atoms with van der Waals surface area (Å²) in [5.41, 5.74) is 7.19. The number of pyridine rings is 1. The van der Waals surface area contributed by atoms with Crippen LogP contribution in [0.2, 0.25) is 0 Å². The number of nitro groups is 1. The number of amides is 1. The zero-order valence-corrected chi connectivity index (χ0v) is 17.6. The van der Waals surface area contributed by atoms with Crippen molar-refractivity contribution in [1.82, 2.24) is 9.88 Å². The molecule has 0 spiro atoms. The highest BCUT2D eigenvalue weighted by Gasteiger charge is 2.25. The third kappa shape index (κ3) is 6.03. The highest BCUT2D eigenvalue weighted by Crippen LogP contribution is 2.29. The fourth-order valence-corrected chi connectivity index (χ4v) is 3.16. The van der Waals surface area contributed by atoms with Gasteiger partial charge in [0.25, 0.3) is 11.6 Å². The molecule has 10 heteroatoms. The average Bonchev–Trinajstić information content (AvgIpc) is 2.69. The number of hydrogen-bond acceptors (Lipinski definition) is 6. The summed E-state index contributed by atoms with van der Waals surface area (Å²) in [4.78, 5) is 29.7. The number of carbonyl (C=O) groups is 1. The number of nitrogens with zero attached hydrogens (tertiary/aromatic N) is 3. The summed E-state index contributed by atoms with van der Waals surface area (Å²) in [7, 11) is 0. The topological polar surface area (TPSA) is 114 Å². The number of nitro benzene ring substituents is 1. The zero-order chi connectivity index (χ0) is 19.4. The molecule has 2 aromatic rings. The standard InChI is InChI=1S/C19H23N5O3.2ClH/c1-13(16-4-2-3-9-21-16)22-17-6-5-14(12-18(17)24(26)27)19(25)23-10-7-15(20)8-11-23;;/h2-6,9,12-13,15,22H,7-8,10-11,20H2,1H3;2*1H. The van der Waals surface area contributed by atoms with E-state index in [1.54, 1.807) is 23.2 Å². The molecule has 8 nitrogen and oxygen atoms in total. The molecule has 3 rings (SSSR count). The van der Waals surface area contributed by atoms with Crippen LogP contribution in [0, 0.1) is 10.1 Å². The predicted octanol–water partition coefficient (Wildman–Crippen LogP) is 3.57. The van der Waals surface area contributed by atoms with Gasteiger partial charge in [0.1, 0.15) is 5.69 Å². The van der Waals surface area contributed by atoms with E-state index in [2.05, 4.69) is 10.3 Å². The Morgan fingerprint density at radius 1 is 1.28 bits per heavy atom. The molecule has 1 atom stereocenters. The maximum Gasteiger partial charge on any atom is 0.293 e. The van der Waals surface area contributed by atoms with E-state index in [9.17, 15) is 14.9 Å². The molecule has 0 saturated carbocycles. The van der Waals surface area contributed by atoms with E-state index in [0.29, 0.717) is 24.3 Å². The molecule has 1 aliphatic heterocycles. The van der Waals surface area contributed by atoms with Crippen molar-refractivity contribution >= 4 is 42.1 Å². The van der Waals surface area contributed by atoms with Crippen molar-refractivity contribution in [3.63, 3.8) is 0 Å². The number of carbonyl (C=O) groups excluding carboxylic acids is 1. The Hall–Kier alpha value is -2.42. The van der Waals surface area contributed by atoms with Gasteiger partial charge in [0.05, 0.1) is 16.7 Å². The smallest absolute Gasteiger partial charge is 0.293 e. The van der Waals surface area contributed by atoms with Crippen molar-refractivity contribution in [1.29, 1.82) is 0 Å². The first-order valence-electron chi connectivity index (χ1n) is 8.96. The van der Waals surface area contributed by atoms with Crippen LogP contribution in [0.4, 0.5) is 11.4 Å². The fourth-order valence-electron chi connectivity index (χ4n) is 3.16. The van der Waals surface area contributed by atoms with Crippen molar-refractivity contribution in [3.05, 3.63) is 64.0 Å². The largest absolute Gasteiger partial charge is 0.371 e. The number of benzene rings is 1. The van der Waals surface area contributed by atoms with Crippen LogP contribution in [0.25, 0.3) is 0 Å². The number of likely N-dealkylation sites (tertiary alicyclic amines) is 1. The molecule has 1 unspecified atom stereocenters. The van der Waals surface area contributed by atoms with Crippen LogP contribution >= 0.6 is 24.8 Å². The van der Waals surface area contributed by atoms with Crippen molar-refractivity contribution in [2.75, 3.05) is 18.4 Å². The van der Waals surface area contributed by atoms with E-state index in [1.165, 1.54) is 6.07 Å². The second kappa shape index (κ2) is 10.9. The van der Waals surface area contributed by atoms with Gasteiger partial charge in [-0.25, -0.2) is 0 Å². The molecule has 1 aromatic heterocycles. The molecule has 158 valence electrons. The first-order valence-corrected chi connectivity index (χ1v) is 8.96. The molecule has 1 aliphatic rings. The fraction of sp³-hybridized carbons (Fsp3) is 0.368. The maximum atomic E-state index is 12.7. The minimum atomic E-state index is -0.476. The normalized spacial score (nSPS) is 14.9. The summed E-state index contributed by atoms with van der Waals surface area (Å²) in [6.07, 6.45) is 3.17. The average molecular weight is 442 g/mol. The molecule has 1 fully saturated rings. The number of nitrogens with one attached hydrogen (secondary N) is 1. The molecule has 3 N–H and O–H groups in total. The van der Waals surface area contributed by atoms with E-state index in [1.807, 2.05) is 25.1 Å². The summed E-state index contributed by atoms with van der Waals surface area (Å²) in [6.45, 7) is 3.02. The van der Waals surface area contributed by atoms with Crippen LogP contribution in [0.1, 0.15) is 41.9 Å². The van der Waals surface area contributed by atoms with Crippen LogP contribution < -0.4 is 11.1 Å². The number of piperidine rings is 1. The maximum absolute atomic E-state index is 12.7. The number of aromatic nitrogens is 1. The quantitative estimate of drug-likeness (QED) is 0.541. The lowest BCUT2D eigenvalue weighted by Crippen LogP contribution is -2.42. The Kier molecular flexibility index (Phi) is 9.29. The van der Waals surface area contributed by atoms with Crippen LogP contribution in [-0.4, -0.2) is 39.8 Å². The lowest BCUT2D eigenvalue weighted by Gasteiger charge is -2.30. The SMILES string of the molecule is CC(Nc1ccc(C(=O)N2CCC(N)CC2)cc1[N+](=O)[O-])c1ccccn1.Cl.Cl. The van der Waals surface area contributed by atoms with E-state index in [-0.39, 0.29) is 48.5 Å². The number of hydrogen-bond donors (Lipinski definition) is 2. The number of halogens is 2. The Labute approximate surface area is 181 Å². The molecule has 0 aliphatic carbocycles. The third-order valence-electron chi connectivity index (χ3n) is 4.77. The Morgan fingerprint density at radius 3 is 2.55 bits per heavy atom. The molecule has 0 bridgehead atoms. The van der Waals surface area contributed by atoms with Crippen molar-refractivity contribution in [2.24, 2.45) is 5.73 Å². The summed E-state index contributed by atoms with van der Waals surface area (Å²) >= 11 is 0. The minimum absolute atomic E-state index is 0. The lowest BCUT2D eigenvalue weighted by atomic mass is 10.0. The number of anilines is 1. The molecule has 1 saturated heterocycles. The summed E-state index contributed by atoms with van der Waals surface area (Å²) in [6, 6.07) is 9.97. The summed E-state index contributed by atoms with van der Waals surface area (Å²) < 4.78 is 0. The second-order valence-corrected chi connectivity index (χ2v) is 6.74. The van der Waals surface area contributed by atoms with Gasteiger partial charge >= 0.3 is 0 Å². The van der Waals surface area contributed by atoms with Gasteiger partial charge in [-0.1, -0.05) is 6.07 Å². The summed E-state index contributed by atoms with van der Waals surface area (Å²) in [5, 5.41) is 14.7. The third-order valence-corrected chi connectivity index (χ3v) is 4.77. The van der Waals surface area contributed by atoms with E-state index in [0.717, 1.165) is 18.5 Å². The molecule has 0 radical (unpaired) electrons. The van der Waals surface area contributed by atoms with Crippen LogP contribution in [0.3, 0.4) is 0 Å². The molecule has 29 heavy (non-hydrogen) atoms. The first-order chi connectivity index (χ1) is 13.0. The van der Waals surface area contributed by atoms with Gasteiger partial charge in [-0.05, 0) is 44.0 Å². The Morgan fingerprint density at radius 2 is 1.97 bits per heavy atom. The van der Waals surface area contributed by atoms with E-state index in [4.69, 9.17) is 5.73 Å². The molecule has 2 heterocycles. The molecular formula is C19H25Cl2N5O3. The van der Waals surface area contributed by atoms with Crippen LogP contribution in [-0.2, 0) is 0 Å². The monoisotopic (exact) mass is 441 g/mol. The number of rotatable bonds is 5. The zero-order valence-electron chi connectivity index (χ0n) is 16.0. The van der Waals surface area contributed by atoms with Gasteiger partial charge in [-0.15, -0.1) is 24.8 Å². The lowest BCUT2D eigenvalue weighted by molar-refractivity contribution is -0.384.